The lowest BCUT2D eigenvalue weighted by Gasteiger charge is -2.15. The number of pyridine rings is 1. The molecule has 0 spiro atoms. The van der Waals surface area contributed by atoms with E-state index in [4.69, 9.17) is 16.7 Å². The van der Waals surface area contributed by atoms with E-state index >= 15 is 0 Å². The van der Waals surface area contributed by atoms with E-state index in [0.717, 1.165) is 11.3 Å². The highest BCUT2D eigenvalue weighted by atomic mass is 35.5. The fourth-order valence-electron chi connectivity index (χ4n) is 2.41. The quantitative estimate of drug-likeness (QED) is 0.638. The van der Waals surface area contributed by atoms with Crippen LogP contribution in [0.25, 0.3) is 5.65 Å². The highest BCUT2D eigenvalue weighted by molar-refractivity contribution is 6.30. The molecule has 0 aliphatic carbocycles. The number of rotatable bonds is 3. The van der Waals surface area contributed by atoms with Crippen LogP contribution in [0.3, 0.4) is 0 Å². The Balaban J connectivity index is 2.12. The molecule has 128 valence electrons. The van der Waals surface area contributed by atoms with E-state index in [1.54, 1.807) is 28.8 Å². The Bertz CT molecular complexity index is 986. The number of halogens is 1. The normalized spacial score (nSPS) is 12.2. The fraction of sp³-hybridized carbons (Fsp3) is 0.222. The second-order valence-corrected chi connectivity index (χ2v) is 7.10. The average molecular weight is 357 g/mol. The second kappa shape index (κ2) is 6.29. The molecule has 2 heterocycles. The standard InChI is InChI=1S/C18H17ClN4O2/c1-18(2,3)15-16(23-10-12(19)7-8-14(23)20-15)22-21-13-6-4-5-11(9-13)17(24)25/h4-10H,1-3H3,(H,24,25). The van der Waals surface area contributed by atoms with E-state index in [9.17, 15) is 4.79 Å². The molecular weight excluding hydrogens is 340 g/mol. The number of carbonyl (C=O) groups is 1. The number of azo groups is 1. The van der Waals surface area contributed by atoms with Gasteiger partial charge in [-0.25, -0.2) is 9.78 Å². The zero-order valence-corrected chi connectivity index (χ0v) is 14.8. The van der Waals surface area contributed by atoms with Crippen molar-refractivity contribution in [3.63, 3.8) is 0 Å². The van der Waals surface area contributed by atoms with Gasteiger partial charge < -0.3 is 5.11 Å². The first kappa shape index (κ1) is 17.1. The van der Waals surface area contributed by atoms with Gasteiger partial charge in [0, 0.05) is 11.6 Å². The maximum Gasteiger partial charge on any atom is 0.335 e. The summed E-state index contributed by atoms with van der Waals surface area (Å²) in [5, 5.41) is 18.2. The number of aromatic carboxylic acids is 1. The summed E-state index contributed by atoms with van der Waals surface area (Å²) in [6.45, 7) is 6.13. The molecule has 0 unspecified atom stereocenters. The minimum Gasteiger partial charge on any atom is -0.478 e. The SMILES string of the molecule is CC(C)(C)c1nc2ccc(Cl)cn2c1N=Nc1cccc(C(=O)O)c1. The molecule has 25 heavy (non-hydrogen) atoms. The molecule has 0 bridgehead atoms. The van der Waals surface area contributed by atoms with Crippen LogP contribution in [0.5, 0.6) is 0 Å². The van der Waals surface area contributed by atoms with Crippen molar-refractivity contribution in [1.29, 1.82) is 0 Å². The summed E-state index contributed by atoms with van der Waals surface area (Å²) in [6.07, 6.45) is 1.74. The topological polar surface area (TPSA) is 79.3 Å². The Morgan fingerprint density at radius 1 is 1.20 bits per heavy atom. The predicted molar refractivity (Wildman–Crippen MR) is 96.5 cm³/mol. The molecule has 0 aliphatic heterocycles. The summed E-state index contributed by atoms with van der Waals surface area (Å²) in [7, 11) is 0. The third kappa shape index (κ3) is 3.53. The third-order valence-corrected chi connectivity index (χ3v) is 3.84. The minimum absolute atomic E-state index is 0.161. The Morgan fingerprint density at radius 2 is 1.96 bits per heavy atom. The maximum absolute atomic E-state index is 11.1. The van der Waals surface area contributed by atoms with Gasteiger partial charge in [0.25, 0.3) is 0 Å². The van der Waals surface area contributed by atoms with Crippen molar-refractivity contribution in [3.8, 4) is 0 Å². The van der Waals surface area contributed by atoms with E-state index in [2.05, 4.69) is 15.2 Å². The van der Waals surface area contributed by atoms with Crippen LogP contribution in [0.1, 0.15) is 36.8 Å². The summed E-state index contributed by atoms with van der Waals surface area (Å²) in [6, 6.07) is 9.90. The molecular formula is C18H17ClN4O2. The molecule has 2 aromatic heterocycles. The molecule has 0 fully saturated rings. The highest BCUT2D eigenvalue weighted by Gasteiger charge is 2.24. The maximum atomic E-state index is 11.1. The molecule has 0 saturated heterocycles. The molecule has 3 aromatic rings. The number of hydrogen-bond donors (Lipinski definition) is 1. The third-order valence-electron chi connectivity index (χ3n) is 3.62. The van der Waals surface area contributed by atoms with Crippen molar-refractivity contribution < 1.29 is 9.90 Å². The van der Waals surface area contributed by atoms with Crippen molar-refractivity contribution >= 4 is 34.7 Å². The van der Waals surface area contributed by atoms with Crippen LogP contribution in [-0.4, -0.2) is 20.5 Å². The van der Waals surface area contributed by atoms with Gasteiger partial charge in [0.05, 0.1) is 22.0 Å². The number of fused-ring (bicyclic) bond motifs is 1. The summed E-state index contributed by atoms with van der Waals surface area (Å²) in [5.41, 5.74) is 1.89. The number of carboxylic acid groups (broad SMARTS) is 1. The van der Waals surface area contributed by atoms with E-state index in [-0.39, 0.29) is 11.0 Å². The average Bonchev–Trinajstić information content (AvgIpc) is 2.91. The Morgan fingerprint density at radius 3 is 2.64 bits per heavy atom. The van der Waals surface area contributed by atoms with Crippen molar-refractivity contribution in [3.05, 3.63) is 58.9 Å². The first-order chi connectivity index (χ1) is 11.8. The van der Waals surface area contributed by atoms with Crippen molar-refractivity contribution in [2.75, 3.05) is 0 Å². The highest BCUT2D eigenvalue weighted by Crippen LogP contribution is 2.33. The lowest BCUT2D eigenvalue weighted by atomic mass is 9.92. The molecule has 1 aromatic carbocycles. The van der Waals surface area contributed by atoms with E-state index in [1.807, 2.05) is 26.8 Å². The summed E-state index contributed by atoms with van der Waals surface area (Å²) in [4.78, 5) is 15.7. The van der Waals surface area contributed by atoms with Crippen molar-refractivity contribution in [1.82, 2.24) is 9.38 Å². The molecule has 0 saturated carbocycles. The number of benzene rings is 1. The Hall–Kier alpha value is -2.73. The molecule has 1 N–H and O–H groups in total. The smallest absolute Gasteiger partial charge is 0.335 e. The van der Waals surface area contributed by atoms with E-state index in [0.29, 0.717) is 16.5 Å². The van der Waals surface area contributed by atoms with E-state index in [1.165, 1.54) is 12.1 Å². The van der Waals surface area contributed by atoms with Crippen molar-refractivity contribution in [2.24, 2.45) is 10.2 Å². The van der Waals surface area contributed by atoms with Crippen LogP contribution in [-0.2, 0) is 5.41 Å². The van der Waals surface area contributed by atoms with Gasteiger partial charge in [0.15, 0.2) is 5.82 Å². The lowest BCUT2D eigenvalue weighted by Crippen LogP contribution is -2.11. The van der Waals surface area contributed by atoms with Crippen LogP contribution < -0.4 is 0 Å². The van der Waals surface area contributed by atoms with Crippen molar-refractivity contribution in [2.45, 2.75) is 26.2 Å². The molecule has 0 radical (unpaired) electrons. The molecule has 7 heteroatoms. The van der Waals surface area contributed by atoms with E-state index < -0.39 is 5.97 Å². The van der Waals surface area contributed by atoms with Gasteiger partial charge in [-0.05, 0) is 30.3 Å². The monoisotopic (exact) mass is 356 g/mol. The zero-order valence-electron chi connectivity index (χ0n) is 14.1. The van der Waals surface area contributed by atoms with Gasteiger partial charge in [0.1, 0.15) is 5.65 Å². The van der Waals surface area contributed by atoms with Gasteiger partial charge in [-0.2, -0.15) is 0 Å². The van der Waals surface area contributed by atoms with Crippen LogP contribution in [0.4, 0.5) is 11.5 Å². The van der Waals surface area contributed by atoms with Gasteiger partial charge in [-0.3, -0.25) is 4.40 Å². The van der Waals surface area contributed by atoms with Gasteiger partial charge in [-0.1, -0.05) is 38.4 Å². The zero-order chi connectivity index (χ0) is 18.2. The van der Waals surface area contributed by atoms with Crippen LogP contribution in [0.15, 0.2) is 52.8 Å². The largest absolute Gasteiger partial charge is 0.478 e. The number of carboxylic acids is 1. The molecule has 0 atom stereocenters. The van der Waals surface area contributed by atoms with Gasteiger partial charge in [-0.15, -0.1) is 10.2 Å². The lowest BCUT2D eigenvalue weighted by molar-refractivity contribution is 0.0697. The minimum atomic E-state index is -1.01. The molecule has 3 rings (SSSR count). The first-order valence-electron chi connectivity index (χ1n) is 7.69. The number of aromatic nitrogens is 2. The molecule has 0 aliphatic rings. The molecule has 0 amide bonds. The van der Waals surface area contributed by atoms with Crippen LogP contribution in [0.2, 0.25) is 5.02 Å². The van der Waals surface area contributed by atoms with Gasteiger partial charge >= 0.3 is 5.97 Å². The Kier molecular flexibility index (Phi) is 4.30. The number of hydrogen-bond acceptors (Lipinski definition) is 4. The fourth-order valence-corrected chi connectivity index (χ4v) is 2.57. The van der Waals surface area contributed by atoms with Crippen LogP contribution >= 0.6 is 11.6 Å². The molecule has 6 nitrogen and oxygen atoms in total. The predicted octanol–water partition coefficient (Wildman–Crippen LogP) is 5.40. The number of nitrogens with zero attached hydrogens (tertiary/aromatic N) is 4. The Labute approximate surface area is 149 Å². The summed E-state index contributed by atoms with van der Waals surface area (Å²) < 4.78 is 1.79. The summed E-state index contributed by atoms with van der Waals surface area (Å²) in [5.74, 6) is -0.431. The van der Waals surface area contributed by atoms with Crippen LogP contribution in [0, 0.1) is 0 Å². The van der Waals surface area contributed by atoms with Gasteiger partial charge in [0.2, 0.25) is 0 Å². The number of imidazole rings is 1. The summed E-state index contributed by atoms with van der Waals surface area (Å²) >= 11 is 6.10. The second-order valence-electron chi connectivity index (χ2n) is 6.67. The first-order valence-corrected chi connectivity index (χ1v) is 8.07.